The maximum atomic E-state index is 13.1. The first-order chi connectivity index (χ1) is 59.2. The van der Waals surface area contributed by atoms with Gasteiger partial charge in [0, 0.05) is 19.3 Å². The number of unbranched alkanes of at least 4 members (excludes halogenated alkanes) is 49. The number of carbonyl (C=O) groups excluding carboxylic acids is 3. The molecule has 4 N–H and O–H groups in total. The van der Waals surface area contributed by atoms with Gasteiger partial charge in [0.1, 0.15) is 25.4 Å². The summed E-state index contributed by atoms with van der Waals surface area (Å²) in [4.78, 5) is 59.1. The van der Waals surface area contributed by atoms with Crippen molar-refractivity contribution >= 4 is 33.6 Å². The lowest BCUT2D eigenvalue weighted by atomic mass is 10.0. The molecular formula is C103H182O16P2. The van der Waals surface area contributed by atoms with Crippen LogP contribution in [0.1, 0.15) is 445 Å². The van der Waals surface area contributed by atoms with E-state index < -0.39 is 91.5 Å². The number of phosphoric ester groups is 2. The predicted octanol–water partition coefficient (Wildman–Crippen LogP) is 30.9. The molecular weight excluding hydrogens is 1560 g/mol. The number of hydrogen-bond donors (Lipinski definition) is 4. The monoisotopic (exact) mass is 1740 g/mol. The van der Waals surface area contributed by atoms with Crippen LogP contribution in [0.4, 0.5) is 0 Å². The number of aliphatic hydroxyl groups is 2. The summed E-state index contributed by atoms with van der Waals surface area (Å²) in [5, 5.41) is 20.8. The molecule has 0 saturated carbocycles. The molecule has 0 aromatic carbocycles. The topological polar surface area (TPSA) is 231 Å². The first-order valence-electron chi connectivity index (χ1n) is 49.5. The lowest BCUT2D eigenvalue weighted by Gasteiger charge is -2.21. The van der Waals surface area contributed by atoms with Crippen LogP contribution in [0.2, 0.25) is 0 Å². The number of allylic oxidation sites excluding steroid dienone is 22. The molecule has 0 aromatic rings. The van der Waals surface area contributed by atoms with Crippen molar-refractivity contribution in [1.82, 2.24) is 0 Å². The highest BCUT2D eigenvalue weighted by Gasteiger charge is 2.30. The Morgan fingerprint density at radius 1 is 0.231 bits per heavy atom. The summed E-state index contributed by atoms with van der Waals surface area (Å²) in [6.07, 6.45) is 119. The van der Waals surface area contributed by atoms with Gasteiger partial charge in [-0.25, -0.2) is 9.13 Å². The Morgan fingerprint density at radius 2 is 0.413 bits per heavy atom. The fourth-order valence-electron chi connectivity index (χ4n) is 13.8. The van der Waals surface area contributed by atoms with Crippen molar-refractivity contribution in [3.05, 3.63) is 134 Å². The Labute approximate surface area is 741 Å². The SMILES string of the molecule is CCCCC/C=C\C/C=C\C/C=C\C/C=C\CCCCCCCCCCCCCCCCCCCCCC(=O)OCC(O)COP(=O)(O)OCC(O)COP(=O)(O)OCC(COC(=O)CCCCCCCCCCCCCCCCC/C=C\C/C=C\C/C=C\C/C=C\CCCCC)OC(=O)CCCCCCCC/C=C\C/C=C\C/C=C\CCCCC. The second-order valence-electron chi connectivity index (χ2n) is 33.2. The van der Waals surface area contributed by atoms with E-state index in [-0.39, 0.29) is 19.3 Å². The van der Waals surface area contributed by atoms with E-state index in [1.807, 2.05) is 0 Å². The fourth-order valence-corrected chi connectivity index (χ4v) is 15.4. The summed E-state index contributed by atoms with van der Waals surface area (Å²) < 4.78 is 61.6. The molecule has 18 heteroatoms. The van der Waals surface area contributed by atoms with Crippen LogP contribution in [-0.2, 0) is 55.8 Å². The van der Waals surface area contributed by atoms with Crippen LogP contribution in [0.25, 0.3) is 0 Å². The van der Waals surface area contributed by atoms with Crippen molar-refractivity contribution in [3.63, 3.8) is 0 Å². The molecule has 5 atom stereocenters. The van der Waals surface area contributed by atoms with Crippen LogP contribution >= 0.6 is 15.6 Å². The van der Waals surface area contributed by atoms with Crippen molar-refractivity contribution in [2.45, 2.75) is 463 Å². The Hall–Kier alpha value is -4.31. The molecule has 0 amide bonds. The van der Waals surface area contributed by atoms with Gasteiger partial charge in [-0.15, -0.1) is 0 Å². The summed E-state index contributed by atoms with van der Waals surface area (Å²) >= 11 is 0. The molecule has 0 heterocycles. The summed E-state index contributed by atoms with van der Waals surface area (Å²) in [5.41, 5.74) is 0. The third-order valence-electron chi connectivity index (χ3n) is 21.3. The number of hydrogen-bond acceptors (Lipinski definition) is 14. The molecule has 121 heavy (non-hydrogen) atoms. The van der Waals surface area contributed by atoms with E-state index >= 15 is 0 Å². The lowest BCUT2D eigenvalue weighted by molar-refractivity contribution is -0.161. The van der Waals surface area contributed by atoms with Crippen LogP contribution in [0, 0.1) is 0 Å². The Bertz CT molecular complexity index is 2730. The van der Waals surface area contributed by atoms with Gasteiger partial charge in [-0.05, 0) is 148 Å². The molecule has 0 fully saturated rings. The number of carbonyl (C=O) groups is 3. The second kappa shape index (κ2) is 94.8. The highest BCUT2D eigenvalue weighted by Crippen LogP contribution is 2.45. The van der Waals surface area contributed by atoms with Gasteiger partial charge in [0.05, 0.1) is 26.4 Å². The molecule has 0 aromatic heterocycles. The minimum absolute atomic E-state index is 0.0899. The second-order valence-corrected chi connectivity index (χ2v) is 36.1. The zero-order valence-electron chi connectivity index (χ0n) is 77.4. The summed E-state index contributed by atoms with van der Waals surface area (Å²) in [6.45, 7) is 2.66. The minimum Gasteiger partial charge on any atom is -0.463 e. The average Bonchev–Trinajstić information content (AvgIpc) is 0.895. The van der Waals surface area contributed by atoms with E-state index in [1.54, 1.807) is 0 Å². The average molecular weight is 1740 g/mol. The van der Waals surface area contributed by atoms with E-state index in [4.69, 9.17) is 32.3 Å². The summed E-state index contributed by atoms with van der Waals surface area (Å²) in [5.74, 6) is -1.57. The number of ether oxygens (including phenoxy) is 3. The number of rotatable bonds is 94. The molecule has 5 unspecified atom stereocenters. The maximum Gasteiger partial charge on any atom is 0.472 e. The van der Waals surface area contributed by atoms with Crippen molar-refractivity contribution in [2.24, 2.45) is 0 Å². The van der Waals surface area contributed by atoms with Crippen molar-refractivity contribution < 1.29 is 75.8 Å². The van der Waals surface area contributed by atoms with E-state index in [9.17, 15) is 43.5 Å². The molecule has 0 aliphatic heterocycles. The molecule has 0 rings (SSSR count). The van der Waals surface area contributed by atoms with Crippen LogP contribution in [-0.4, -0.2) is 95.9 Å². The van der Waals surface area contributed by atoms with Gasteiger partial charge in [0.25, 0.3) is 0 Å². The van der Waals surface area contributed by atoms with Crippen LogP contribution in [0.15, 0.2) is 134 Å². The number of esters is 3. The standard InChI is InChI=1S/C103H182O16P2/c1-4-7-10-13-16-19-22-25-28-31-34-36-38-40-42-44-46-47-48-49-51-53-54-56-58-60-63-65-68-71-74-77-80-83-86-89-101(106)113-92-98(104)93-115-120(109,110)116-94-99(105)95-117-121(111,112)118-97-100(119-103(108)91-88-85-82-79-76-73-70-67-62-33-30-27-24-21-18-15-12-9-6-3)96-114-102(107)90-87-84-81-78-75-72-69-66-64-61-59-57-55-52-50-45-43-41-39-37-35-32-29-26-23-20-17-14-11-8-5-2/h16-21,25-30,34-37,40-43,62,67,98-100,104-105H,4-15,22-24,31-33,38-39,44-61,63-66,68-97H2,1-3H3,(H,109,110)(H,111,112)/b19-16-,20-17-,21-18-,28-25-,29-26-,30-27-,36-34-,37-35-,42-40-,43-41-,67-62-. The quantitative estimate of drug-likeness (QED) is 0.0146. The van der Waals surface area contributed by atoms with Gasteiger partial charge in [-0.3, -0.25) is 32.5 Å². The molecule has 16 nitrogen and oxygen atoms in total. The van der Waals surface area contributed by atoms with Gasteiger partial charge < -0.3 is 34.2 Å². The van der Waals surface area contributed by atoms with Gasteiger partial charge in [-0.1, -0.05) is 411 Å². The van der Waals surface area contributed by atoms with E-state index in [1.165, 1.54) is 250 Å². The fraction of sp³-hybridized carbons (Fsp3) is 0.757. The van der Waals surface area contributed by atoms with Crippen LogP contribution in [0.5, 0.6) is 0 Å². The zero-order valence-corrected chi connectivity index (χ0v) is 79.2. The van der Waals surface area contributed by atoms with Gasteiger partial charge >= 0.3 is 33.6 Å². The van der Waals surface area contributed by atoms with Crippen molar-refractivity contribution in [3.8, 4) is 0 Å². The van der Waals surface area contributed by atoms with Crippen LogP contribution < -0.4 is 0 Å². The van der Waals surface area contributed by atoms with Gasteiger partial charge in [-0.2, -0.15) is 0 Å². The first kappa shape index (κ1) is 117. The molecule has 0 spiro atoms. The summed E-state index contributed by atoms with van der Waals surface area (Å²) in [7, 11) is -9.81. The van der Waals surface area contributed by atoms with E-state index in [0.29, 0.717) is 19.3 Å². The molecule has 700 valence electrons. The molecule has 0 radical (unpaired) electrons. The molecule has 0 bridgehead atoms. The Morgan fingerprint density at radius 3 is 0.653 bits per heavy atom. The van der Waals surface area contributed by atoms with Crippen molar-refractivity contribution in [2.75, 3.05) is 39.6 Å². The largest absolute Gasteiger partial charge is 0.472 e. The zero-order chi connectivity index (χ0) is 87.9. The predicted molar refractivity (Wildman–Crippen MR) is 510 cm³/mol. The Kier molecular flexibility index (Phi) is 91.4. The van der Waals surface area contributed by atoms with E-state index in [2.05, 4.69) is 154 Å². The molecule has 0 saturated heterocycles. The number of aliphatic hydroxyl groups excluding tert-OH is 2. The van der Waals surface area contributed by atoms with Gasteiger partial charge in [0.15, 0.2) is 6.10 Å². The highest BCUT2D eigenvalue weighted by molar-refractivity contribution is 7.47. The molecule has 0 aliphatic rings. The van der Waals surface area contributed by atoms with E-state index in [0.717, 1.165) is 135 Å². The third-order valence-corrected chi connectivity index (χ3v) is 23.2. The number of phosphoric acid groups is 2. The molecule has 0 aliphatic carbocycles. The van der Waals surface area contributed by atoms with Crippen LogP contribution in [0.3, 0.4) is 0 Å². The summed E-state index contributed by atoms with van der Waals surface area (Å²) in [6, 6.07) is 0. The highest BCUT2D eigenvalue weighted by atomic mass is 31.2. The minimum atomic E-state index is -4.94. The normalized spacial score (nSPS) is 14.3. The van der Waals surface area contributed by atoms with Crippen molar-refractivity contribution in [1.29, 1.82) is 0 Å². The first-order valence-corrected chi connectivity index (χ1v) is 52.5. The smallest absolute Gasteiger partial charge is 0.463 e. The third kappa shape index (κ3) is 96.2. The Balaban J connectivity index is 4.48. The van der Waals surface area contributed by atoms with Gasteiger partial charge in [0.2, 0.25) is 0 Å². The maximum absolute atomic E-state index is 13.1. The lowest BCUT2D eigenvalue weighted by Crippen LogP contribution is -2.30.